The molecule has 0 atom stereocenters. The Hall–Kier alpha value is -1.55. The molecule has 0 aliphatic carbocycles. The van der Waals surface area contributed by atoms with E-state index < -0.39 is 0 Å². The van der Waals surface area contributed by atoms with E-state index in [1.54, 1.807) is 18.4 Å². The van der Waals surface area contributed by atoms with E-state index in [1.807, 2.05) is 24.3 Å². The first-order valence-electron chi connectivity index (χ1n) is 4.87. The summed E-state index contributed by atoms with van der Waals surface area (Å²) in [6.45, 7) is 0. The number of thiophene rings is 1. The number of carbonyl (C=O) groups is 1. The number of rotatable bonds is 3. The van der Waals surface area contributed by atoms with Gasteiger partial charge in [0.1, 0.15) is 5.75 Å². The Morgan fingerprint density at radius 2 is 2.06 bits per heavy atom. The van der Waals surface area contributed by atoms with Gasteiger partial charge in [-0.2, -0.15) is 0 Å². The zero-order valence-corrected chi connectivity index (χ0v) is 9.97. The smallest absolute Gasteiger partial charge is 0.310 e. The minimum atomic E-state index is -0.246. The molecule has 0 N–H and O–H groups in total. The minimum Gasteiger partial charge on any atom is -0.495 e. The van der Waals surface area contributed by atoms with Crippen molar-refractivity contribution in [1.82, 2.24) is 0 Å². The zero-order chi connectivity index (χ0) is 11.5. The van der Waals surface area contributed by atoms with E-state index >= 15 is 0 Å². The molecule has 4 heteroatoms. The number of ether oxygens (including phenoxy) is 2. The monoisotopic (exact) mass is 236 g/mol. The van der Waals surface area contributed by atoms with Crippen molar-refractivity contribution >= 4 is 27.4 Å². The molecule has 0 amide bonds. The van der Waals surface area contributed by atoms with E-state index in [-0.39, 0.29) is 12.4 Å². The van der Waals surface area contributed by atoms with Crippen molar-refractivity contribution < 1.29 is 14.3 Å². The Balaban J connectivity index is 2.48. The molecule has 84 valence electrons. The first-order chi connectivity index (χ1) is 7.76. The van der Waals surface area contributed by atoms with Crippen molar-refractivity contribution in [3.05, 3.63) is 29.1 Å². The maximum atomic E-state index is 11.3. The highest BCUT2D eigenvalue weighted by molar-refractivity contribution is 7.19. The fourth-order valence-electron chi connectivity index (χ4n) is 1.62. The third-order valence-corrected chi connectivity index (χ3v) is 3.51. The lowest BCUT2D eigenvalue weighted by Crippen LogP contribution is -2.03. The molecule has 0 spiro atoms. The third kappa shape index (κ3) is 1.88. The van der Waals surface area contributed by atoms with Crippen molar-refractivity contribution in [1.29, 1.82) is 0 Å². The molecule has 16 heavy (non-hydrogen) atoms. The van der Waals surface area contributed by atoms with Gasteiger partial charge in [0.05, 0.1) is 25.5 Å². The summed E-state index contributed by atoms with van der Waals surface area (Å²) in [6.07, 6.45) is 0.263. The van der Waals surface area contributed by atoms with Crippen LogP contribution < -0.4 is 4.74 Å². The van der Waals surface area contributed by atoms with E-state index in [0.29, 0.717) is 0 Å². The largest absolute Gasteiger partial charge is 0.495 e. The molecule has 1 aromatic heterocycles. The van der Waals surface area contributed by atoms with Crippen LogP contribution in [0.1, 0.15) is 4.88 Å². The summed E-state index contributed by atoms with van der Waals surface area (Å²) < 4.78 is 11.1. The Bertz CT molecular complexity index is 516. The lowest BCUT2D eigenvalue weighted by molar-refractivity contribution is -0.139. The lowest BCUT2D eigenvalue weighted by Gasteiger charge is -2.01. The van der Waals surface area contributed by atoms with Gasteiger partial charge < -0.3 is 9.47 Å². The Morgan fingerprint density at radius 3 is 2.75 bits per heavy atom. The van der Waals surface area contributed by atoms with Crippen molar-refractivity contribution in [2.75, 3.05) is 14.2 Å². The summed E-state index contributed by atoms with van der Waals surface area (Å²) in [5.74, 6) is 0.538. The normalized spacial score (nSPS) is 10.4. The first kappa shape index (κ1) is 11.0. The zero-order valence-electron chi connectivity index (χ0n) is 9.15. The molecule has 0 aliphatic heterocycles. The second kappa shape index (κ2) is 4.53. The summed E-state index contributed by atoms with van der Waals surface area (Å²) in [6, 6.07) is 7.94. The Labute approximate surface area is 97.6 Å². The third-order valence-electron chi connectivity index (χ3n) is 2.35. The first-order valence-corrected chi connectivity index (χ1v) is 5.69. The Kier molecular flexibility index (Phi) is 3.10. The second-order valence-electron chi connectivity index (χ2n) is 3.31. The van der Waals surface area contributed by atoms with Gasteiger partial charge in [0, 0.05) is 10.1 Å². The number of esters is 1. The van der Waals surface area contributed by atoms with Crippen molar-refractivity contribution in [3.8, 4) is 5.75 Å². The number of carbonyl (C=O) groups excluding carboxylic acids is 1. The summed E-state index contributed by atoms with van der Waals surface area (Å²) in [4.78, 5) is 12.2. The van der Waals surface area contributed by atoms with Crippen LogP contribution in [-0.2, 0) is 16.0 Å². The van der Waals surface area contributed by atoms with E-state index in [4.69, 9.17) is 4.74 Å². The predicted molar refractivity (Wildman–Crippen MR) is 64.1 cm³/mol. The molecular weight excluding hydrogens is 224 g/mol. The van der Waals surface area contributed by atoms with E-state index in [1.165, 1.54) is 7.11 Å². The highest BCUT2D eigenvalue weighted by Crippen LogP contribution is 2.37. The van der Waals surface area contributed by atoms with Gasteiger partial charge in [-0.3, -0.25) is 4.79 Å². The number of benzene rings is 1. The van der Waals surface area contributed by atoms with Crippen LogP contribution in [-0.4, -0.2) is 20.2 Å². The van der Waals surface area contributed by atoms with Crippen LogP contribution in [0.4, 0.5) is 0 Å². The van der Waals surface area contributed by atoms with Gasteiger partial charge in [0.2, 0.25) is 0 Å². The summed E-state index contributed by atoms with van der Waals surface area (Å²) in [7, 11) is 3.01. The van der Waals surface area contributed by atoms with E-state index in [9.17, 15) is 4.79 Å². The average molecular weight is 236 g/mol. The molecular formula is C12H12O3S. The van der Waals surface area contributed by atoms with Crippen LogP contribution in [0.25, 0.3) is 10.1 Å². The van der Waals surface area contributed by atoms with Crippen LogP contribution in [0.5, 0.6) is 5.75 Å². The molecule has 0 saturated carbocycles. The quantitative estimate of drug-likeness (QED) is 0.768. The van der Waals surface area contributed by atoms with Crippen molar-refractivity contribution in [2.24, 2.45) is 0 Å². The summed E-state index contributed by atoms with van der Waals surface area (Å²) in [5, 5.41) is 1.05. The van der Waals surface area contributed by atoms with Crippen LogP contribution >= 0.6 is 11.3 Å². The summed E-state index contributed by atoms with van der Waals surface area (Å²) in [5.41, 5.74) is 0. The van der Waals surface area contributed by atoms with Crippen molar-refractivity contribution in [2.45, 2.75) is 6.42 Å². The van der Waals surface area contributed by atoms with Gasteiger partial charge in [0.25, 0.3) is 0 Å². The van der Waals surface area contributed by atoms with E-state index in [2.05, 4.69) is 4.74 Å². The molecule has 2 aromatic rings. The van der Waals surface area contributed by atoms with Gasteiger partial charge in [-0.1, -0.05) is 12.1 Å². The van der Waals surface area contributed by atoms with Gasteiger partial charge in [-0.15, -0.1) is 11.3 Å². The summed E-state index contributed by atoms with van der Waals surface area (Å²) >= 11 is 1.57. The Morgan fingerprint density at radius 1 is 1.31 bits per heavy atom. The topological polar surface area (TPSA) is 35.5 Å². The molecule has 0 unspecified atom stereocenters. The lowest BCUT2D eigenvalue weighted by atomic mass is 10.2. The van der Waals surface area contributed by atoms with Crippen LogP contribution in [0, 0.1) is 0 Å². The molecule has 1 aromatic carbocycles. The molecule has 3 nitrogen and oxygen atoms in total. The molecule has 2 rings (SSSR count). The maximum absolute atomic E-state index is 11.3. The molecule has 0 radical (unpaired) electrons. The number of hydrogen-bond acceptors (Lipinski definition) is 4. The van der Waals surface area contributed by atoms with Crippen LogP contribution in [0.3, 0.4) is 0 Å². The highest BCUT2D eigenvalue weighted by Gasteiger charge is 2.15. The number of hydrogen-bond donors (Lipinski definition) is 0. The van der Waals surface area contributed by atoms with Crippen LogP contribution in [0.15, 0.2) is 24.3 Å². The predicted octanol–water partition coefficient (Wildman–Crippen LogP) is 2.63. The van der Waals surface area contributed by atoms with Crippen molar-refractivity contribution in [3.63, 3.8) is 0 Å². The number of methoxy groups -OCH3 is 2. The van der Waals surface area contributed by atoms with Gasteiger partial charge in [-0.05, 0) is 12.1 Å². The van der Waals surface area contributed by atoms with Crippen LogP contribution in [0.2, 0.25) is 0 Å². The average Bonchev–Trinajstić information content (AvgIpc) is 2.65. The van der Waals surface area contributed by atoms with Gasteiger partial charge in [-0.25, -0.2) is 0 Å². The van der Waals surface area contributed by atoms with Gasteiger partial charge >= 0.3 is 5.97 Å². The highest BCUT2D eigenvalue weighted by atomic mass is 32.1. The van der Waals surface area contributed by atoms with Gasteiger partial charge in [0.15, 0.2) is 0 Å². The standard InChI is InChI=1S/C12H12O3S/c1-14-11(13)7-10-12(15-2)8-5-3-4-6-9(8)16-10/h3-6H,7H2,1-2H3. The molecule has 1 heterocycles. The SMILES string of the molecule is COC(=O)Cc1sc2ccccc2c1OC. The fraction of sp³-hybridized carbons (Fsp3) is 0.250. The van der Waals surface area contributed by atoms with E-state index in [0.717, 1.165) is 20.7 Å². The second-order valence-corrected chi connectivity index (χ2v) is 4.44. The molecule has 0 fully saturated rings. The molecule has 0 bridgehead atoms. The number of fused-ring (bicyclic) bond motifs is 1. The minimum absolute atomic E-state index is 0.246. The molecule has 0 aliphatic rings. The molecule has 0 saturated heterocycles. The maximum Gasteiger partial charge on any atom is 0.310 e. The fourth-order valence-corrected chi connectivity index (χ4v) is 2.77.